The molecule has 4 aromatic carbocycles. The maximum atomic E-state index is 14.7. The van der Waals surface area contributed by atoms with Crippen LogP contribution in [0, 0.1) is 13.8 Å². The van der Waals surface area contributed by atoms with Gasteiger partial charge in [-0.2, -0.15) is 0 Å². The van der Waals surface area contributed by atoms with Crippen molar-refractivity contribution in [1.29, 1.82) is 0 Å². The molecule has 248 valence electrons. The molecule has 0 saturated heterocycles. The van der Waals surface area contributed by atoms with Gasteiger partial charge in [0, 0.05) is 19.0 Å². The van der Waals surface area contributed by atoms with E-state index in [0.29, 0.717) is 18.0 Å². The van der Waals surface area contributed by atoms with Gasteiger partial charge in [0.15, 0.2) is 0 Å². The van der Waals surface area contributed by atoms with Crippen LogP contribution < -0.4 is 14.4 Å². The molecule has 0 aliphatic carbocycles. The van der Waals surface area contributed by atoms with E-state index in [-0.39, 0.29) is 29.8 Å². The molecule has 2 amide bonds. The minimum absolute atomic E-state index is 0.0607. The van der Waals surface area contributed by atoms with E-state index < -0.39 is 28.5 Å². The molecular weight excluding hydrogens is 611 g/mol. The number of rotatable bonds is 15. The van der Waals surface area contributed by atoms with Crippen LogP contribution in [0.5, 0.6) is 5.75 Å². The molecule has 2 atom stereocenters. The lowest BCUT2D eigenvalue weighted by Crippen LogP contribution is -2.54. The van der Waals surface area contributed by atoms with Gasteiger partial charge in [-0.25, -0.2) is 8.42 Å². The van der Waals surface area contributed by atoms with Gasteiger partial charge in [-0.15, -0.1) is 0 Å². The van der Waals surface area contributed by atoms with Crippen LogP contribution in [-0.2, 0) is 32.6 Å². The van der Waals surface area contributed by atoms with E-state index >= 15 is 0 Å². The fourth-order valence-electron chi connectivity index (χ4n) is 5.21. The molecule has 0 saturated carbocycles. The molecule has 47 heavy (non-hydrogen) atoms. The molecule has 0 unspecified atom stereocenters. The highest BCUT2D eigenvalue weighted by Crippen LogP contribution is 2.27. The van der Waals surface area contributed by atoms with Crippen LogP contribution in [0.2, 0.25) is 0 Å². The first kappa shape index (κ1) is 35.2. The second-order valence-electron chi connectivity index (χ2n) is 11.7. The molecule has 0 spiro atoms. The summed E-state index contributed by atoms with van der Waals surface area (Å²) < 4.78 is 35.2. The standard InChI is InChI=1S/C38H45N3O5S/c1-6-30(5)39-38(43)36(25-31-14-9-8-10-15-31)40(26-32-16-12-11-13-29(32)4)37(42)27-41(33-19-21-34(22-20-33)46-7-2)47(44,45)35-23-17-28(3)18-24-35/h8-24,30,36H,6-7,25-27H2,1-5H3,(H,39,43)/t30-,36-/m0/s1. The zero-order valence-electron chi connectivity index (χ0n) is 27.8. The number of aryl methyl sites for hydroxylation is 2. The number of ether oxygens (including phenoxy) is 1. The van der Waals surface area contributed by atoms with Gasteiger partial charge in [0.1, 0.15) is 18.3 Å². The molecule has 8 nitrogen and oxygen atoms in total. The lowest BCUT2D eigenvalue weighted by molar-refractivity contribution is -0.140. The van der Waals surface area contributed by atoms with E-state index in [9.17, 15) is 18.0 Å². The Labute approximate surface area is 279 Å². The van der Waals surface area contributed by atoms with Gasteiger partial charge in [-0.05, 0) is 87.2 Å². The first-order chi connectivity index (χ1) is 22.5. The van der Waals surface area contributed by atoms with Crippen LogP contribution in [-0.4, -0.2) is 50.4 Å². The van der Waals surface area contributed by atoms with Crippen molar-refractivity contribution in [3.05, 3.63) is 125 Å². The smallest absolute Gasteiger partial charge is 0.264 e. The lowest BCUT2D eigenvalue weighted by Gasteiger charge is -2.34. The SMILES string of the molecule is CCOc1ccc(N(CC(=O)N(Cc2ccccc2C)[C@@H](Cc2ccccc2)C(=O)N[C@@H](C)CC)S(=O)(=O)c2ccc(C)cc2)cc1. The van der Waals surface area contributed by atoms with Gasteiger partial charge in [0.2, 0.25) is 11.8 Å². The molecule has 0 radical (unpaired) electrons. The lowest BCUT2D eigenvalue weighted by atomic mass is 10.0. The molecule has 0 aliphatic rings. The Morgan fingerprint density at radius 2 is 1.47 bits per heavy atom. The van der Waals surface area contributed by atoms with Crippen molar-refractivity contribution in [3.63, 3.8) is 0 Å². The quantitative estimate of drug-likeness (QED) is 0.159. The highest BCUT2D eigenvalue weighted by Gasteiger charge is 2.35. The highest BCUT2D eigenvalue weighted by atomic mass is 32.2. The van der Waals surface area contributed by atoms with Gasteiger partial charge in [0.05, 0.1) is 17.2 Å². The molecule has 0 aromatic heterocycles. The van der Waals surface area contributed by atoms with Gasteiger partial charge in [-0.3, -0.25) is 13.9 Å². The molecule has 0 fully saturated rings. The van der Waals surface area contributed by atoms with Crippen LogP contribution >= 0.6 is 0 Å². The average Bonchev–Trinajstić information content (AvgIpc) is 3.07. The number of amides is 2. The molecule has 9 heteroatoms. The zero-order chi connectivity index (χ0) is 34.0. The number of anilines is 1. The van der Waals surface area contributed by atoms with E-state index in [1.807, 2.05) is 89.2 Å². The average molecular weight is 656 g/mol. The highest BCUT2D eigenvalue weighted by molar-refractivity contribution is 7.92. The minimum Gasteiger partial charge on any atom is -0.494 e. The van der Waals surface area contributed by atoms with Crippen molar-refractivity contribution in [2.75, 3.05) is 17.5 Å². The van der Waals surface area contributed by atoms with Gasteiger partial charge in [-0.1, -0.05) is 79.2 Å². The van der Waals surface area contributed by atoms with E-state index in [1.165, 1.54) is 4.90 Å². The fourth-order valence-corrected chi connectivity index (χ4v) is 6.62. The van der Waals surface area contributed by atoms with Crippen molar-refractivity contribution in [1.82, 2.24) is 10.2 Å². The summed E-state index contributed by atoms with van der Waals surface area (Å²) in [4.78, 5) is 30.2. The van der Waals surface area contributed by atoms with Crippen LogP contribution in [0.1, 0.15) is 49.4 Å². The molecule has 0 bridgehead atoms. The topological polar surface area (TPSA) is 96.0 Å². The third kappa shape index (κ3) is 9.23. The minimum atomic E-state index is -4.19. The summed E-state index contributed by atoms with van der Waals surface area (Å²) in [6.07, 6.45) is 0.977. The molecule has 4 rings (SSSR count). The van der Waals surface area contributed by atoms with Gasteiger partial charge >= 0.3 is 0 Å². The maximum absolute atomic E-state index is 14.7. The number of hydrogen-bond acceptors (Lipinski definition) is 5. The van der Waals surface area contributed by atoms with Gasteiger partial charge in [0.25, 0.3) is 10.0 Å². The van der Waals surface area contributed by atoms with Crippen molar-refractivity contribution in [2.24, 2.45) is 0 Å². The maximum Gasteiger partial charge on any atom is 0.264 e. The van der Waals surface area contributed by atoms with Crippen molar-refractivity contribution in [2.45, 2.75) is 71.0 Å². The zero-order valence-corrected chi connectivity index (χ0v) is 28.7. The Bertz CT molecular complexity index is 1730. The van der Waals surface area contributed by atoms with Crippen LogP contribution in [0.25, 0.3) is 0 Å². The van der Waals surface area contributed by atoms with Crippen LogP contribution in [0.4, 0.5) is 5.69 Å². The van der Waals surface area contributed by atoms with Crippen molar-refractivity contribution < 1.29 is 22.7 Å². The Morgan fingerprint density at radius 1 is 0.830 bits per heavy atom. The molecular formula is C38H45N3O5S. The number of hydrogen-bond donors (Lipinski definition) is 1. The predicted octanol–water partition coefficient (Wildman–Crippen LogP) is 6.45. The molecule has 4 aromatic rings. The summed E-state index contributed by atoms with van der Waals surface area (Å²) in [6.45, 7) is 9.68. The number of carbonyl (C=O) groups is 2. The molecule has 0 aliphatic heterocycles. The Kier molecular flexibility index (Phi) is 12.2. The Hall–Kier alpha value is -4.63. The van der Waals surface area contributed by atoms with E-state index in [2.05, 4.69) is 5.32 Å². The summed E-state index contributed by atoms with van der Waals surface area (Å²) in [5, 5.41) is 3.07. The summed E-state index contributed by atoms with van der Waals surface area (Å²) >= 11 is 0. The Morgan fingerprint density at radius 3 is 2.09 bits per heavy atom. The van der Waals surface area contributed by atoms with Gasteiger partial charge < -0.3 is 15.0 Å². The number of nitrogens with zero attached hydrogens (tertiary/aromatic N) is 2. The third-order valence-corrected chi connectivity index (χ3v) is 9.99. The number of nitrogens with one attached hydrogen (secondary N) is 1. The summed E-state index contributed by atoms with van der Waals surface area (Å²) in [5.41, 5.74) is 3.93. The summed E-state index contributed by atoms with van der Waals surface area (Å²) in [7, 11) is -4.19. The molecule has 0 heterocycles. The van der Waals surface area contributed by atoms with Crippen LogP contribution in [0.15, 0.2) is 108 Å². The summed E-state index contributed by atoms with van der Waals surface area (Å²) in [5.74, 6) is -0.210. The summed E-state index contributed by atoms with van der Waals surface area (Å²) in [6, 6.07) is 29.4. The predicted molar refractivity (Wildman–Crippen MR) is 187 cm³/mol. The number of carbonyl (C=O) groups excluding carboxylic acids is 2. The molecule has 1 N–H and O–H groups in total. The normalized spacial score (nSPS) is 12.5. The largest absolute Gasteiger partial charge is 0.494 e. The van der Waals surface area contributed by atoms with E-state index in [1.54, 1.807) is 48.5 Å². The second kappa shape index (κ2) is 16.3. The first-order valence-electron chi connectivity index (χ1n) is 16.0. The Balaban J connectivity index is 1.81. The van der Waals surface area contributed by atoms with E-state index in [4.69, 9.17) is 4.74 Å². The number of sulfonamides is 1. The fraction of sp³-hybridized carbons (Fsp3) is 0.316. The van der Waals surface area contributed by atoms with E-state index in [0.717, 1.165) is 33.0 Å². The second-order valence-corrected chi connectivity index (χ2v) is 13.6. The van der Waals surface area contributed by atoms with Crippen molar-refractivity contribution >= 4 is 27.5 Å². The third-order valence-electron chi connectivity index (χ3n) is 8.20. The first-order valence-corrected chi connectivity index (χ1v) is 17.5. The van der Waals surface area contributed by atoms with Crippen molar-refractivity contribution in [3.8, 4) is 5.75 Å². The monoisotopic (exact) mass is 655 g/mol. The van der Waals surface area contributed by atoms with Crippen LogP contribution in [0.3, 0.4) is 0 Å². The number of benzene rings is 4.